The molecule has 1 aliphatic rings. The molecule has 0 aromatic rings. The topological polar surface area (TPSA) is 75.6 Å². The molecule has 1 fully saturated rings. The molecule has 1 saturated carbocycles. The first-order valence-corrected chi connectivity index (χ1v) is 7.06. The molecule has 0 saturated heterocycles. The first-order valence-electron chi connectivity index (χ1n) is 7.06. The second kappa shape index (κ2) is 7.48. The number of aliphatic carboxylic acids is 1. The van der Waals surface area contributed by atoms with Crippen molar-refractivity contribution in [3.05, 3.63) is 0 Å². The maximum Gasteiger partial charge on any atom is 0.308 e. The highest BCUT2D eigenvalue weighted by Crippen LogP contribution is 2.25. The summed E-state index contributed by atoms with van der Waals surface area (Å²) in [6.45, 7) is 6.47. The summed E-state index contributed by atoms with van der Waals surface area (Å²) in [6, 6.07) is -0.249. The van der Waals surface area contributed by atoms with Crippen LogP contribution in [0.1, 0.15) is 46.5 Å². The molecule has 0 heterocycles. The third-order valence-corrected chi connectivity index (χ3v) is 3.59. The molecule has 0 spiro atoms. The summed E-state index contributed by atoms with van der Waals surface area (Å²) in [5.74, 6) is -0.939. The zero-order valence-electron chi connectivity index (χ0n) is 12.0. The minimum atomic E-state index is -0.823. The van der Waals surface area contributed by atoms with Gasteiger partial charge in [0, 0.05) is 12.6 Å². The minimum absolute atomic E-state index is 0.207. The number of hydrogen-bond acceptors (Lipinski definition) is 3. The van der Waals surface area contributed by atoms with E-state index < -0.39 is 18.0 Å². The standard InChI is InChI=1S/C14H25NO4/c1-9(2)7-8-19-10(3)13(16)15-12-6-4-5-11(12)14(17)18/h9-12H,4-8H2,1-3H3,(H,15,16)(H,17,18)/t10?,11-,12+/m0/s1. The van der Waals surface area contributed by atoms with E-state index in [1.165, 1.54) is 0 Å². The van der Waals surface area contributed by atoms with Gasteiger partial charge in [-0.3, -0.25) is 9.59 Å². The first-order chi connectivity index (χ1) is 8.91. The molecule has 110 valence electrons. The van der Waals surface area contributed by atoms with Crippen molar-refractivity contribution in [3.8, 4) is 0 Å². The van der Waals surface area contributed by atoms with Gasteiger partial charge in [-0.2, -0.15) is 0 Å². The molecule has 1 amide bonds. The Hall–Kier alpha value is -1.10. The van der Waals surface area contributed by atoms with Crippen molar-refractivity contribution >= 4 is 11.9 Å². The lowest BCUT2D eigenvalue weighted by Gasteiger charge is -2.20. The van der Waals surface area contributed by atoms with Crippen LogP contribution in [0.2, 0.25) is 0 Å². The third kappa shape index (κ3) is 5.19. The number of rotatable bonds is 7. The Morgan fingerprint density at radius 2 is 2.00 bits per heavy atom. The van der Waals surface area contributed by atoms with E-state index in [1.807, 2.05) is 0 Å². The van der Waals surface area contributed by atoms with Crippen LogP contribution in [-0.4, -0.2) is 35.7 Å². The summed E-state index contributed by atoms with van der Waals surface area (Å²) in [5, 5.41) is 11.9. The maximum atomic E-state index is 11.9. The molecule has 1 unspecified atom stereocenters. The van der Waals surface area contributed by atoms with Gasteiger partial charge >= 0.3 is 5.97 Å². The highest BCUT2D eigenvalue weighted by atomic mass is 16.5. The van der Waals surface area contributed by atoms with Crippen LogP contribution in [0.3, 0.4) is 0 Å². The number of carboxylic acid groups (broad SMARTS) is 1. The van der Waals surface area contributed by atoms with Crippen molar-refractivity contribution in [2.75, 3.05) is 6.61 Å². The van der Waals surface area contributed by atoms with Crippen LogP contribution in [0, 0.1) is 11.8 Å². The largest absolute Gasteiger partial charge is 0.481 e. The van der Waals surface area contributed by atoms with E-state index in [9.17, 15) is 9.59 Å². The Morgan fingerprint density at radius 3 is 2.58 bits per heavy atom. The summed E-state index contributed by atoms with van der Waals surface area (Å²) in [7, 11) is 0. The first kappa shape index (κ1) is 16.0. The van der Waals surface area contributed by atoms with Gasteiger partial charge in [-0.05, 0) is 32.1 Å². The summed E-state index contributed by atoms with van der Waals surface area (Å²) in [6.07, 6.45) is 2.63. The van der Waals surface area contributed by atoms with Gasteiger partial charge in [0.15, 0.2) is 0 Å². The van der Waals surface area contributed by atoms with E-state index in [1.54, 1.807) is 6.92 Å². The van der Waals surface area contributed by atoms with Gasteiger partial charge in [-0.1, -0.05) is 20.3 Å². The van der Waals surface area contributed by atoms with Crippen LogP contribution >= 0.6 is 0 Å². The third-order valence-electron chi connectivity index (χ3n) is 3.59. The predicted octanol–water partition coefficient (Wildman–Crippen LogP) is 1.81. The number of amides is 1. The zero-order chi connectivity index (χ0) is 14.4. The number of carboxylic acids is 1. The Labute approximate surface area is 114 Å². The molecule has 0 bridgehead atoms. The molecular weight excluding hydrogens is 246 g/mol. The Balaban J connectivity index is 2.35. The summed E-state index contributed by atoms with van der Waals surface area (Å²) < 4.78 is 5.46. The van der Waals surface area contributed by atoms with Crippen LogP contribution in [-0.2, 0) is 14.3 Å². The lowest BCUT2D eigenvalue weighted by molar-refractivity contribution is -0.143. The molecule has 0 radical (unpaired) electrons. The van der Waals surface area contributed by atoms with Gasteiger partial charge in [0.05, 0.1) is 5.92 Å². The fourth-order valence-corrected chi connectivity index (χ4v) is 2.28. The Kier molecular flexibility index (Phi) is 6.28. The van der Waals surface area contributed by atoms with E-state index in [-0.39, 0.29) is 11.9 Å². The van der Waals surface area contributed by atoms with Crippen LogP contribution in [0.4, 0.5) is 0 Å². The number of carbonyl (C=O) groups is 2. The number of carbonyl (C=O) groups excluding carboxylic acids is 1. The van der Waals surface area contributed by atoms with Crippen LogP contribution < -0.4 is 5.32 Å². The number of ether oxygens (including phenoxy) is 1. The SMILES string of the molecule is CC(C)CCOC(C)C(=O)N[C@@H]1CCC[C@@H]1C(=O)O. The normalized spacial score (nSPS) is 24.4. The van der Waals surface area contributed by atoms with Crippen LogP contribution in [0.25, 0.3) is 0 Å². The fraction of sp³-hybridized carbons (Fsp3) is 0.857. The number of nitrogens with one attached hydrogen (secondary N) is 1. The summed E-state index contributed by atoms with van der Waals surface area (Å²) >= 11 is 0. The van der Waals surface area contributed by atoms with Crippen molar-refractivity contribution in [1.29, 1.82) is 0 Å². The zero-order valence-corrected chi connectivity index (χ0v) is 12.0. The van der Waals surface area contributed by atoms with Crippen molar-refractivity contribution in [2.24, 2.45) is 11.8 Å². The smallest absolute Gasteiger partial charge is 0.308 e. The molecule has 1 aliphatic carbocycles. The van der Waals surface area contributed by atoms with E-state index >= 15 is 0 Å². The minimum Gasteiger partial charge on any atom is -0.481 e. The second-order valence-corrected chi connectivity index (χ2v) is 5.69. The lowest BCUT2D eigenvalue weighted by atomic mass is 10.0. The molecule has 19 heavy (non-hydrogen) atoms. The summed E-state index contributed by atoms with van der Waals surface area (Å²) in [5.41, 5.74) is 0. The fourth-order valence-electron chi connectivity index (χ4n) is 2.28. The molecule has 5 nitrogen and oxygen atoms in total. The molecule has 0 aromatic heterocycles. The molecule has 2 N–H and O–H groups in total. The van der Waals surface area contributed by atoms with Gasteiger partial charge in [0.25, 0.3) is 0 Å². The van der Waals surface area contributed by atoms with E-state index in [0.29, 0.717) is 18.9 Å². The summed E-state index contributed by atoms with van der Waals surface area (Å²) in [4.78, 5) is 22.9. The predicted molar refractivity (Wildman–Crippen MR) is 71.8 cm³/mol. The van der Waals surface area contributed by atoms with E-state index in [4.69, 9.17) is 9.84 Å². The van der Waals surface area contributed by atoms with Gasteiger partial charge in [0.1, 0.15) is 6.10 Å². The van der Waals surface area contributed by atoms with Gasteiger partial charge in [-0.25, -0.2) is 0 Å². The van der Waals surface area contributed by atoms with Crippen molar-refractivity contribution < 1.29 is 19.4 Å². The maximum absolute atomic E-state index is 11.9. The lowest BCUT2D eigenvalue weighted by Crippen LogP contribution is -2.44. The molecule has 5 heteroatoms. The van der Waals surface area contributed by atoms with Gasteiger partial charge in [0.2, 0.25) is 5.91 Å². The highest BCUT2D eigenvalue weighted by molar-refractivity contribution is 5.81. The number of hydrogen-bond donors (Lipinski definition) is 2. The average Bonchev–Trinajstić information content (AvgIpc) is 2.76. The molecule has 0 aromatic carbocycles. The van der Waals surface area contributed by atoms with E-state index in [2.05, 4.69) is 19.2 Å². The van der Waals surface area contributed by atoms with E-state index in [0.717, 1.165) is 19.3 Å². The Morgan fingerprint density at radius 1 is 1.32 bits per heavy atom. The molecule has 1 rings (SSSR count). The monoisotopic (exact) mass is 271 g/mol. The Bertz CT molecular complexity index is 317. The second-order valence-electron chi connectivity index (χ2n) is 5.69. The van der Waals surface area contributed by atoms with Crippen molar-refractivity contribution in [3.63, 3.8) is 0 Å². The van der Waals surface area contributed by atoms with Crippen molar-refractivity contribution in [1.82, 2.24) is 5.32 Å². The van der Waals surface area contributed by atoms with Gasteiger partial charge < -0.3 is 15.2 Å². The van der Waals surface area contributed by atoms with Crippen LogP contribution in [0.5, 0.6) is 0 Å². The quantitative estimate of drug-likeness (QED) is 0.740. The highest BCUT2D eigenvalue weighted by Gasteiger charge is 2.34. The molecular formula is C14H25NO4. The average molecular weight is 271 g/mol. The molecule has 3 atom stereocenters. The van der Waals surface area contributed by atoms with Crippen LogP contribution in [0.15, 0.2) is 0 Å². The molecule has 0 aliphatic heterocycles. The van der Waals surface area contributed by atoms with Gasteiger partial charge in [-0.15, -0.1) is 0 Å². The van der Waals surface area contributed by atoms with Crippen molar-refractivity contribution in [2.45, 2.75) is 58.6 Å².